The van der Waals surface area contributed by atoms with E-state index in [0.29, 0.717) is 12.8 Å². The van der Waals surface area contributed by atoms with Crippen LogP contribution in [0.2, 0.25) is 0 Å². The highest BCUT2D eigenvalue weighted by Crippen LogP contribution is 2.77. The minimum atomic E-state index is -1.50. The van der Waals surface area contributed by atoms with Gasteiger partial charge < -0.3 is 28.4 Å². The van der Waals surface area contributed by atoms with Gasteiger partial charge in [-0.15, -0.1) is 0 Å². The first-order chi connectivity index (χ1) is 19.9. The largest absolute Gasteiger partial charge is 0.500 e. The molecule has 0 aromatic rings. The lowest BCUT2D eigenvalue weighted by Crippen LogP contribution is -2.54. The second-order valence-electron chi connectivity index (χ2n) is 16.0. The molecule has 4 unspecified atom stereocenters. The first-order valence-electron chi connectivity index (χ1n) is 15.4. The van der Waals surface area contributed by atoms with E-state index >= 15 is 0 Å². The van der Waals surface area contributed by atoms with E-state index in [2.05, 4.69) is 0 Å². The van der Waals surface area contributed by atoms with Crippen LogP contribution >= 0.6 is 0 Å². The Labute approximate surface area is 262 Å². The molecular weight excluding hydrogens is 568 g/mol. The molecule has 3 aliphatic rings. The van der Waals surface area contributed by atoms with E-state index in [0.717, 1.165) is 0 Å². The first-order valence-corrected chi connectivity index (χ1v) is 15.4. The van der Waals surface area contributed by atoms with Crippen molar-refractivity contribution in [1.82, 2.24) is 0 Å². The topological polar surface area (TPSA) is 124 Å². The van der Waals surface area contributed by atoms with E-state index in [-0.39, 0.29) is 35.5 Å². The third-order valence-corrected chi connectivity index (χ3v) is 8.01. The molecule has 0 saturated heterocycles. The quantitative estimate of drug-likeness (QED) is 0.259. The average molecular weight is 621 g/mol. The molecule has 44 heavy (non-hydrogen) atoms. The fourth-order valence-corrected chi connectivity index (χ4v) is 7.22. The Morgan fingerprint density at radius 3 is 1.02 bits per heavy atom. The smallest absolute Gasteiger partial charge is 0.338 e. The van der Waals surface area contributed by atoms with Crippen LogP contribution in [-0.2, 0) is 47.6 Å². The van der Waals surface area contributed by atoms with Crippen molar-refractivity contribution in [2.75, 3.05) is 14.2 Å². The standard InChI is InChI=1S/C34H52O10/c1-29(2,3)41-25(35)19-23(39-13)20(26(36)42-30(4,5)6)34-18-16-15-17-33(19,34)21(27(37)43-31(7,8)9)24(40-14)22(34)28(38)44-32(10,11)12/h19,22H,15-18H2,1-14H3. The highest BCUT2D eigenvalue weighted by atomic mass is 16.6. The van der Waals surface area contributed by atoms with Gasteiger partial charge in [0.1, 0.15) is 45.8 Å². The Morgan fingerprint density at radius 2 is 0.795 bits per heavy atom. The van der Waals surface area contributed by atoms with Crippen LogP contribution in [0.5, 0.6) is 0 Å². The molecule has 0 aromatic heterocycles. The fourth-order valence-electron chi connectivity index (χ4n) is 7.22. The van der Waals surface area contributed by atoms with Crippen LogP contribution in [0, 0.1) is 22.7 Å². The number of methoxy groups -OCH3 is 2. The number of carbonyl (C=O) groups is 4. The molecule has 0 radical (unpaired) electrons. The van der Waals surface area contributed by atoms with Gasteiger partial charge in [-0.05, 0) is 95.9 Å². The van der Waals surface area contributed by atoms with E-state index in [4.69, 9.17) is 28.4 Å². The number of esters is 4. The van der Waals surface area contributed by atoms with Gasteiger partial charge in [0.2, 0.25) is 0 Å². The summed E-state index contributed by atoms with van der Waals surface area (Å²) in [5.41, 5.74) is -6.63. The molecule has 10 heteroatoms. The highest BCUT2D eigenvalue weighted by molar-refractivity contribution is 6.03. The van der Waals surface area contributed by atoms with Gasteiger partial charge in [-0.25, -0.2) is 9.59 Å². The zero-order valence-electron chi connectivity index (χ0n) is 29.1. The first kappa shape index (κ1) is 35.4. The van der Waals surface area contributed by atoms with E-state index in [1.807, 2.05) is 0 Å². The van der Waals surface area contributed by atoms with Gasteiger partial charge in [0.25, 0.3) is 0 Å². The van der Waals surface area contributed by atoms with Gasteiger partial charge in [-0.1, -0.05) is 12.8 Å². The molecule has 3 rings (SSSR count). The molecule has 0 spiro atoms. The van der Waals surface area contributed by atoms with E-state index in [1.54, 1.807) is 83.1 Å². The predicted octanol–water partition coefficient (Wildman–Crippen LogP) is 5.96. The minimum absolute atomic E-state index is 0.0140. The Bertz CT molecular complexity index is 1160. The highest BCUT2D eigenvalue weighted by Gasteiger charge is 2.80. The monoisotopic (exact) mass is 620 g/mol. The zero-order valence-corrected chi connectivity index (χ0v) is 29.1. The summed E-state index contributed by atoms with van der Waals surface area (Å²) in [6.07, 6.45) is 1.67. The Balaban J connectivity index is 2.56. The SMILES string of the molecule is COC1=C(C(=O)OC(C)(C)C)C23CCCCC2(C(C(=O)OC(C)(C)C)=C(OC)C3C(=O)OC(C)(C)C)C1C(=O)OC(C)(C)C. The Kier molecular flexibility index (Phi) is 9.18. The maximum absolute atomic E-state index is 14.4. The van der Waals surface area contributed by atoms with E-state index < -0.39 is 68.9 Å². The number of carbonyl (C=O) groups excluding carboxylic acids is 4. The molecule has 10 nitrogen and oxygen atoms in total. The number of hydrogen-bond donors (Lipinski definition) is 0. The lowest BCUT2D eigenvalue weighted by molar-refractivity contribution is -0.176. The second-order valence-corrected chi connectivity index (χ2v) is 16.0. The van der Waals surface area contributed by atoms with Gasteiger partial charge in [0, 0.05) is 10.8 Å². The molecule has 1 saturated carbocycles. The van der Waals surface area contributed by atoms with Gasteiger partial charge in [0.05, 0.1) is 25.4 Å². The van der Waals surface area contributed by atoms with Crippen LogP contribution in [0.4, 0.5) is 0 Å². The predicted molar refractivity (Wildman–Crippen MR) is 162 cm³/mol. The molecule has 0 aliphatic heterocycles. The van der Waals surface area contributed by atoms with Crippen molar-refractivity contribution in [2.45, 2.75) is 131 Å². The maximum Gasteiger partial charge on any atom is 0.338 e. The van der Waals surface area contributed by atoms with E-state index in [1.165, 1.54) is 14.2 Å². The number of rotatable bonds is 6. The van der Waals surface area contributed by atoms with Crippen molar-refractivity contribution in [3.63, 3.8) is 0 Å². The minimum Gasteiger partial charge on any atom is -0.500 e. The molecule has 0 heterocycles. The summed E-state index contributed by atoms with van der Waals surface area (Å²) < 4.78 is 35.8. The fraction of sp³-hybridized carbons (Fsp3) is 0.765. The van der Waals surface area contributed by atoms with Crippen LogP contribution in [0.1, 0.15) is 109 Å². The van der Waals surface area contributed by atoms with Gasteiger partial charge in [0.15, 0.2) is 0 Å². The third-order valence-electron chi connectivity index (χ3n) is 8.01. The molecule has 3 aliphatic carbocycles. The molecule has 0 N–H and O–H groups in total. The van der Waals surface area contributed by atoms with Crippen molar-refractivity contribution in [3.05, 3.63) is 22.7 Å². The van der Waals surface area contributed by atoms with Gasteiger partial charge in [-0.2, -0.15) is 0 Å². The Hall–Kier alpha value is -3.04. The Morgan fingerprint density at radius 1 is 0.523 bits per heavy atom. The molecular formula is C34H52O10. The third kappa shape index (κ3) is 6.23. The van der Waals surface area contributed by atoms with Gasteiger partial charge >= 0.3 is 23.9 Å². The molecule has 1 fully saturated rings. The zero-order chi connectivity index (χ0) is 33.8. The lowest BCUT2D eigenvalue weighted by atomic mass is 9.50. The van der Waals surface area contributed by atoms with Crippen LogP contribution in [0.15, 0.2) is 22.7 Å². The maximum atomic E-state index is 14.4. The summed E-state index contributed by atoms with van der Waals surface area (Å²) in [5.74, 6) is -5.42. The van der Waals surface area contributed by atoms with Crippen molar-refractivity contribution < 1.29 is 47.6 Å². The molecule has 0 aromatic carbocycles. The summed E-state index contributed by atoms with van der Waals surface area (Å²) in [7, 11) is 2.74. The molecule has 4 atom stereocenters. The number of hydrogen-bond acceptors (Lipinski definition) is 10. The molecule has 248 valence electrons. The summed E-state index contributed by atoms with van der Waals surface area (Å²) in [6.45, 7) is 20.8. The van der Waals surface area contributed by atoms with Crippen molar-refractivity contribution >= 4 is 23.9 Å². The summed E-state index contributed by atoms with van der Waals surface area (Å²) in [4.78, 5) is 57.6. The lowest BCUT2D eigenvalue weighted by Gasteiger charge is -2.50. The summed E-state index contributed by atoms with van der Waals surface area (Å²) >= 11 is 0. The van der Waals surface area contributed by atoms with Crippen molar-refractivity contribution in [2.24, 2.45) is 22.7 Å². The summed E-state index contributed by atoms with van der Waals surface area (Å²) in [5, 5.41) is 0. The normalized spacial score (nSPS) is 27.3. The van der Waals surface area contributed by atoms with Crippen LogP contribution in [0.3, 0.4) is 0 Å². The molecule has 0 amide bonds. The van der Waals surface area contributed by atoms with Gasteiger partial charge in [-0.3, -0.25) is 9.59 Å². The molecule has 0 bridgehead atoms. The van der Waals surface area contributed by atoms with Crippen molar-refractivity contribution in [1.29, 1.82) is 0 Å². The number of ether oxygens (including phenoxy) is 6. The van der Waals surface area contributed by atoms with E-state index in [9.17, 15) is 19.2 Å². The van der Waals surface area contributed by atoms with Crippen molar-refractivity contribution in [3.8, 4) is 0 Å². The van der Waals surface area contributed by atoms with Crippen LogP contribution < -0.4 is 0 Å². The summed E-state index contributed by atoms with van der Waals surface area (Å²) in [6, 6.07) is 0. The van der Waals surface area contributed by atoms with Crippen LogP contribution in [0.25, 0.3) is 0 Å². The van der Waals surface area contributed by atoms with Crippen LogP contribution in [-0.4, -0.2) is 60.5 Å². The second kappa shape index (κ2) is 11.4. The average Bonchev–Trinajstić information content (AvgIpc) is 3.21.